The standard InChI is InChI=1S/2C31H21.C6H12BN2O2.2ClH.Zr/c2*1-2-10-22(11-3-1)25-20-24-14-9-19-30(31(24)21-25)29-17-7-6-16-28(29)27-18-8-13-23-12-4-5-15-26(23)27;1-3-5(10)8-7-9-6(11)4-2;;;/h2*1-21H;3-4H2,1-2H3,(H,8,10)(H,9,11);2*1H;/q2*-1;;;;+4/p-2. The van der Waals surface area contributed by atoms with E-state index in [2.05, 4.69) is 265 Å². The summed E-state index contributed by atoms with van der Waals surface area (Å²) >= 11 is -0.826. The molecule has 0 atom stereocenters. The van der Waals surface area contributed by atoms with Crippen LogP contribution in [0.4, 0.5) is 0 Å². The predicted molar refractivity (Wildman–Crippen MR) is 321 cm³/mol. The summed E-state index contributed by atoms with van der Waals surface area (Å²) in [5.74, 6) is -0.220. The van der Waals surface area contributed by atoms with Crippen molar-refractivity contribution in [2.24, 2.45) is 0 Å². The maximum absolute atomic E-state index is 10.6. The van der Waals surface area contributed by atoms with Gasteiger partial charge in [0.2, 0.25) is 11.8 Å². The number of hydrogen-bond donors (Lipinski definition) is 2. The van der Waals surface area contributed by atoms with Crippen LogP contribution in [0.2, 0.25) is 0 Å². The molecule has 0 aromatic heterocycles. The Kier molecular flexibility index (Phi) is 18.4. The Morgan fingerprint density at radius 3 is 1.04 bits per heavy atom. The third-order valence-corrected chi connectivity index (χ3v) is 13.4. The number of hydrogen-bond acceptors (Lipinski definition) is 2. The predicted octanol–water partition coefficient (Wildman–Crippen LogP) is 18.4. The average Bonchev–Trinajstić information content (AvgIpc) is 4.15. The van der Waals surface area contributed by atoms with E-state index < -0.39 is 20.8 Å². The van der Waals surface area contributed by atoms with E-state index in [1.54, 1.807) is 13.8 Å². The summed E-state index contributed by atoms with van der Waals surface area (Å²) in [7, 11) is 11.1. The molecule has 0 saturated carbocycles. The maximum Gasteiger partial charge on any atom is -0.00994 e. The Labute approximate surface area is 465 Å². The second-order valence-electron chi connectivity index (χ2n) is 18.0. The SMILES string of the molecule is CCC(=O)N[B]NC(=O)CC.[Cl][Zr+2][Cl].c1ccc(-c2cc3c(-c4ccccc4-c4cccc5ccccc45)cccc3[cH-]2)cc1.c1ccc(-c2cc3c(-c4ccccc4-c4cccc5ccccc45)cccc3[cH-]2)cc1. The molecule has 0 fully saturated rings. The van der Waals surface area contributed by atoms with Gasteiger partial charge in [-0.3, -0.25) is 9.59 Å². The van der Waals surface area contributed by atoms with E-state index in [-0.39, 0.29) is 11.8 Å². The van der Waals surface area contributed by atoms with Crippen LogP contribution >= 0.6 is 17.0 Å². The van der Waals surface area contributed by atoms with Gasteiger partial charge in [0, 0.05) is 12.8 Å². The zero-order chi connectivity index (χ0) is 52.6. The largest absolute Gasteiger partial charge is 0.144 e. The van der Waals surface area contributed by atoms with Crippen molar-refractivity contribution in [1.29, 1.82) is 0 Å². The van der Waals surface area contributed by atoms with Crippen LogP contribution in [0, 0.1) is 0 Å². The van der Waals surface area contributed by atoms with Gasteiger partial charge in [0.25, 0.3) is 0 Å². The second-order valence-corrected chi connectivity index (χ2v) is 21.8. The Morgan fingerprint density at radius 2 is 0.671 bits per heavy atom. The minimum Gasteiger partial charge on any atom is -0.144 e. The first-order valence-electron chi connectivity index (χ1n) is 25.4. The van der Waals surface area contributed by atoms with Gasteiger partial charge in [-0.05, 0) is 54.9 Å². The molecular weight excluding hydrogens is 1050 g/mol. The summed E-state index contributed by atoms with van der Waals surface area (Å²) in [6.45, 7) is 3.48. The summed E-state index contributed by atoms with van der Waals surface area (Å²) in [4.78, 5) is 21.2. The van der Waals surface area contributed by atoms with E-state index >= 15 is 0 Å². The number of nitrogens with one attached hydrogen (secondary N) is 2. The normalized spacial score (nSPS) is 10.5. The molecule has 8 heteroatoms. The van der Waals surface area contributed by atoms with Gasteiger partial charge >= 0.3 is 45.4 Å². The Morgan fingerprint density at radius 1 is 0.382 bits per heavy atom. The Bertz CT molecular complexity index is 3630. The van der Waals surface area contributed by atoms with Crippen LogP contribution in [0.15, 0.2) is 255 Å². The van der Waals surface area contributed by atoms with E-state index in [0.717, 1.165) is 0 Å². The van der Waals surface area contributed by atoms with E-state index in [9.17, 15) is 9.59 Å². The van der Waals surface area contributed by atoms with E-state index in [1.807, 2.05) is 0 Å². The minimum absolute atomic E-state index is 0.110. The van der Waals surface area contributed by atoms with E-state index in [4.69, 9.17) is 17.0 Å². The molecule has 0 bridgehead atoms. The van der Waals surface area contributed by atoms with Crippen LogP contribution in [0.1, 0.15) is 26.7 Å². The second kappa shape index (κ2) is 26.3. The van der Waals surface area contributed by atoms with Gasteiger partial charge in [-0.1, -0.05) is 254 Å². The monoisotopic (exact) mass is 1100 g/mol. The Balaban J connectivity index is 0.000000150. The first-order valence-corrected chi connectivity index (χ1v) is 31.7. The average molecular weight is 1100 g/mol. The summed E-state index contributed by atoms with van der Waals surface area (Å²) in [5, 5.41) is 15.1. The van der Waals surface area contributed by atoms with Crippen molar-refractivity contribution in [2.45, 2.75) is 26.7 Å². The van der Waals surface area contributed by atoms with Gasteiger partial charge in [-0.15, -0.1) is 69.1 Å². The first kappa shape index (κ1) is 53.2. The fourth-order valence-electron chi connectivity index (χ4n) is 9.76. The summed E-state index contributed by atoms with van der Waals surface area (Å²) in [6.07, 6.45) is 0.830. The minimum atomic E-state index is -0.826. The molecule has 4 nitrogen and oxygen atoms in total. The molecule has 0 unspecified atom stereocenters. The van der Waals surface area contributed by atoms with Crippen molar-refractivity contribution in [3.8, 4) is 66.8 Å². The maximum atomic E-state index is 10.6. The van der Waals surface area contributed by atoms with Crippen molar-refractivity contribution in [3.05, 3.63) is 255 Å². The fraction of sp³-hybridized carbons (Fsp3) is 0.0588. The molecular formula is C68H54BCl2N2O2Zr. The zero-order valence-electron chi connectivity index (χ0n) is 42.3. The molecule has 2 amide bonds. The molecule has 369 valence electrons. The van der Waals surface area contributed by atoms with Gasteiger partial charge in [0.15, 0.2) is 0 Å². The molecule has 0 aliphatic rings. The molecule has 1 radical (unpaired) electrons. The van der Waals surface area contributed by atoms with Crippen molar-refractivity contribution < 1.29 is 30.4 Å². The number of halogens is 2. The van der Waals surface area contributed by atoms with Crippen LogP contribution in [-0.2, 0) is 30.4 Å². The molecule has 76 heavy (non-hydrogen) atoms. The molecule has 0 aliphatic carbocycles. The van der Waals surface area contributed by atoms with Gasteiger partial charge < -0.3 is 10.5 Å². The number of rotatable bonds is 10. The number of benzene rings is 10. The first-order chi connectivity index (χ1) is 37.4. The smallest absolute Gasteiger partial charge is 0.00994 e. The third kappa shape index (κ3) is 12.6. The Hall–Kier alpha value is -7.59. The van der Waals surface area contributed by atoms with Crippen LogP contribution in [-0.4, -0.2) is 19.4 Å². The van der Waals surface area contributed by atoms with Crippen LogP contribution in [0.5, 0.6) is 0 Å². The number of fused-ring (bicyclic) bond motifs is 4. The van der Waals surface area contributed by atoms with Crippen molar-refractivity contribution in [2.75, 3.05) is 0 Å². The quantitative estimate of drug-likeness (QED) is 0.106. The molecule has 12 aromatic carbocycles. The summed E-state index contributed by atoms with van der Waals surface area (Å²) < 4.78 is 0. The zero-order valence-corrected chi connectivity index (χ0v) is 46.3. The van der Waals surface area contributed by atoms with Crippen LogP contribution in [0.25, 0.3) is 110 Å². The third-order valence-electron chi connectivity index (χ3n) is 13.4. The number of carbonyl (C=O) groups is 2. The molecule has 12 rings (SSSR count). The summed E-state index contributed by atoms with van der Waals surface area (Å²) in [5.41, 5.74) is 15.3. The van der Waals surface area contributed by atoms with Crippen LogP contribution in [0.3, 0.4) is 0 Å². The molecule has 0 heterocycles. The fourth-order valence-corrected chi connectivity index (χ4v) is 9.76. The van der Waals surface area contributed by atoms with E-state index in [1.165, 1.54) is 117 Å². The van der Waals surface area contributed by atoms with Gasteiger partial charge in [-0.25, -0.2) is 0 Å². The van der Waals surface area contributed by atoms with Gasteiger partial charge in [0.1, 0.15) is 0 Å². The van der Waals surface area contributed by atoms with E-state index in [0.29, 0.717) is 12.8 Å². The van der Waals surface area contributed by atoms with Gasteiger partial charge in [-0.2, -0.15) is 0 Å². The van der Waals surface area contributed by atoms with Crippen molar-refractivity contribution in [1.82, 2.24) is 10.5 Å². The molecule has 2 N–H and O–H groups in total. The molecule has 0 spiro atoms. The van der Waals surface area contributed by atoms with Crippen molar-refractivity contribution in [3.63, 3.8) is 0 Å². The van der Waals surface area contributed by atoms with Gasteiger partial charge in [0.05, 0.1) is 0 Å². The topological polar surface area (TPSA) is 58.2 Å². The molecule has 0 saturated heterocycles. The van der Waals surface area contributed by atoms with Crippen LogP contribution < -0.4 is 10.5 Å². The summed E-state index contributed by atoms with van der Waals surface area (Å²) in [6, 6.07) is 91.8. The van der Waals surface area contributed by atoms with Crippen molar-refractivity contribution >= 4 is 79.5 Å². The number of amides is 2. The number of carbonyl (C=O) groups excluding carboxylic acids is 2. The molecule has 0 aliphatic heterocycles. The molecule has 12 aromatic rings.